The predicted molar refractivity (Wildman–Crippen MR) is 109 cm³/mol. The van der Waals surface area contributed by atoms with Gasteiger partial charge in [-0.25, -0.2) is 4.79 Å². The highest BCUT2D eigenvalue weighted by Gasteiger charge is 2.25. The molecule has 0 unspecified atom stereocenters. The Hall–Kier alpha value is -2.24. The molecule has 27 heavy (non-hydrogen) atoms. The molecular weight excluding hydrogens is 385 g/mol. The number of halogens is 2. The summed E-state index contributed by atoms with van der Waals surface area (Å²) in [6.07, 6.45) is 0.161. The van der Waals surface area contributed by atoms with Crippen LogP contribution in [0, 0.1) is 6.92 Å². The zero-order chi connectivity index (χ0) is 19.4. The summed E-state index contributed by atoms with van der Waals surface area (Å²) in [4.78, 5) is 28.4. The van der Waals surface area contributed by atoms with E-state index < -0.39 is 0 Å². The molecule has 5 nitrogen and oxygen atoms in total. The molecule has 2 aromatic carbocycles. The largest absolute Gasteiger partial charge is 0.339 e. The number of benzene rings is 2. The van der Waals surface area contributed by atoms with Crippen LogP contribution in [0.4, 0.5) is 10.5 Å². The van der Waals surface area contributed by atoms with Crippen LogP contribution in [0.3, 0.4) is 0 Å². The van der Waals surface area contributed by atoms with E-state index in [1.165, 1.54) is 0 Å². The summed E-state index contributed by atoms with van der Waals surface area (Å²) in [5, 5.41) is 3.89. The number of urea groups is 1. The molecule has 0 radical (unpaired) electrons. The zero-order valence-corrected chi connectivity index (χ0v) is 16.6. The Labute approximate surface area is 168 Å². The van der Waals surface area contributed by atoms with Gasteiger partial charge in [0, 0.05) is 41.9 Å². The third kappa shape index (κ3) is 4.93. The van der Waals surface area contributed by atoms with Crippen molar-refractivity contribution in [3.63, 3.8) is 0 Å². The van der Waals surface area contributed by atoms with Crippen molar-refractivity contribution in [2.75, 3.05) is 31.5 Å². The van der Waals surface area contributed by atoms with Crippen molar-refractivity contribution in [2.45, 2.75) is 13.3 Å². The summed E-state index contributed by atoms with van der Waals surface area (Å²) in [6.45, 7) is 3.93. The third-order valence-electron chi connectivity index (χ3n) is 4.58. The quantitative estimate of drug-likeness (QED) is 0.830. The number of piperazine rings is 1. The molecule has 0 spiro atoms. The van der Waals surface area contributed by atoms with Crippen molar-refractivity contribution in [2.24, 2.45) is 0 Å². The highest BCUT2D eigenvalue weighted by Crippen LogP contribution is 2.25. The fraction of sp³-hybridized carbons (Fsp3) is 0.300. The Kier molecular flexibility index (Phi) is 6.24. The Balaban J connectivity index is 1.53. The molecule has 1 aliphatic rings. The lowest BCUT2D eigenvalue weighted by atomic mass is 10.1. The summed E-state index contributed by atoms with van der Waals surface area (Å²) < 4.78 is 0. The molecule has 1 N–H and O–H groups in total. The van der Waals surface area contributed by atoms with E-state index in [4.69, 9.17) is 23.2 Å². The first-order valence-corrected chi connectivity index (χ1v) is 9.53. The van der Waals surface area contributed by atoms with Gasteiger partial charge >= 0.3 is 6.03 Å². The Bertz CT molecular complexity index is 829. The van der Waals surface area contributed by atoms with Gasteiger partial charge in [-0.05, 0) is 42.3 Å². The van der Waals surface area contributed by atoms with E-state index in [9.17, 15) is 9.59 Å². The van der Waals surface area contributed by atoms with Crippen molar-refractivity contribution in [3.05, 3.63) is 63.6 Å². The molecule has 1 aliphatic heterocycles. The molecule has 142 valence electrons. The van der Waals surface area contributed by atoms with E-state index >= 15 is 0 Å². The molecule has 3 rings (SSSR count). The first-order valence-electron chi connectivity index (χ1n) is 8.77. The number of anilines is 1. The molecule has 0 aliphatic carbocycles. The van der Waals surface area contributed by atoms with E-state index in [1.807, 2.05) is 31.2 Å². The van der Waals surface area contributed by atoms with Crippen LogP contribution in [0.2, 0.25) is 10.0 Å². The number of nitrogens with zero attached hydrogens (tertiary/aromatic N) is 2. The maximum Gasteiger partial charge on any atom is 0.321 e. The summed E-state index contributed by atoms with van der Waals surface area (Å²) in [6, 6.07) is 12.7. The van der Waals surface area contributed by atoms with Crippen molar-refractivity contribution in [3.8, 4) is 0 Å². The molecule has 0 saturated carbocycles. The standard InChI is InChI=1S/C20H21Cl2N3O2/c1-14-4-2-5-15(12-14)23-20(27)25-10-8-24(9-11-25)19(26)13-16-17(21)6-3-7-18(16)22/h2-7,12H,8-11,13H2,1H3,(H,23,27). The minimum atomic E-state index is -0.151. The van der Waals surface area contributed by atoms with Gasteiger partial charge in [-0.15, -0.1) is 0 Å². The molecule has 1 saturated heterocycles. The molecule has 3 amide bonds. The normalized spacial score (nSPS) is 14.2. The molecule has 7 heteroatoms. The van der Waals surface area contributed by atoms with E-state index in [-0.39, 0.29) is 18.4 Å². The first kappa shape index (κ1) is 19.5. The fourth-order valence-corrected chi connectivity index (χ4v) is 3.58. The average Bonchev–Trinajstić information content (AvgIpc) is 2.65. The van der Waals surface area contributed by atoms with Gasteiger partial charge in [0.1, 0.15) is 0 Å². The van der Waals surface area contributed by atoms with Gasteiger partial charge in [0.05, 0.1) is 6.42 Å². The molecule has 1 heterocycles. The average molecular weight is 406 g/mol. The van der Waals surface area contributed by atoms with Gasteiger partial charge in [0.15, 0.2) is 0 Å². The van der Waals surface area contributed by atoms with E-state index in [0.29, 0.717) is 41.8 Å². The number of aryl methyl sites for hydroxylation is 1. The highest BCUT2D eigenvalue weighted by molar-refractivity contribution is 6.36. The lowest BCUT2D eigenvalue weighted by Gasteiger charge is -2.35. The maximum atomic E-state index is 12.6. The predicted octanol–water partition coefficient (Wildman–Crippen LogP) is 4.22. The minimum Gasteiger partial charge on any atom is -0.339 e. The number of hydrogen-bond donors (Lipinski definition) is 1. The Morgan fingerprint density at radius 3 is 2.19 bits per heavy atom. The van der Waals surface area contributed by atoms with Gasteiger partial charge in [-0.2, -0.15) is 0 Å². The lowest BCUT2D eigenvalue weighted by molar-refractivity contribution is -0.131. The van der Waals surface area contributed by atoms with Crippen LogP contribution in [-0.2, 0) is 11.2 Å². The first-order chi connectivity index (χ1) is 12.9. The molecule has 2 aromatic rings. The number of amides is 3. The lowest BCUT2D eigenvalue weighted by Crippen LogP contribution is -2.52. The minimum absolute atomic E-state index is 0.0382. The summed E-state index contributed by atoms with van der Waals surface area (Å²) in [7, 11) is 0. The fourth-order valence-electron chi connectivity index (χ4n) is 3.05. The summed E-state index contributed by atoms with van der Waals surface area (Å²) in [5.74, 6) is -0.0382. The van der Waals surface area contributed by atoms with Crippen molar-refractivity contribution in [1.82, 2.24) is 9.80 Å². The molecule has 0 aromatic heterocycles. The van der Waals surface area contributed by atoms with Crippen LogP contribution < -0.4 is 5.32 Å². The van der Waals surface area contributed by atoms with Crippen LogP contribution in [0.1, 0.15) is 11.1 Å². The molecule has 0 atom stereocenters. The maximum absolute atomic E-state index is 12.6. The second-order valence-corrected chi connectivity index (χ2v) is 7.36. The van der Waals surface area contributed by atoms with Gasteiger partial charge < -0.3 is 15.1 Å². The third-order valence-corrected chi connectivity index (χ3v) is 5.29. The topological polar surface area (TPSA) is 52.7 Å². The number of carbonyl (C=O) groups is 2. The smallest absolute Gasteiger partial charge is 0.321 e. The monoisotopic (exact) mass is 405 g/mol. The molecular formula is C20H21Cl2N3O2. The Morgan fingerprint density at radius 1 is 0.963 bits per heavy atom. The summed E-state index contributed by atoms with van der Waals surface area (Å²) >= 11 is 12.3. The van der Waals surface area contributed by atoms with Gasteiger partial charge in [-0.1, -0.05) is 41.4 Å². The van der Waals surface area contributed by atoms with Crippen molar-refractivity contribution in [1.29, 1.82) is 0 Å². The van der Waals surface area contributed by atoms with Crippen LogP contribution >= 0.6 is 23.2 Å². The van der Waals surface area contributed by atoms with Crippen LogP contribution in [0.15, 0.2) is 42.5 Å². The van der Waals surface area contributed by atoms with E-state index in [2.05, 4.69) is 5.32 Å². The van der Waals surface area contributed by atoms with Crippen LogP contribution in [0.5, 0.6) is 0 Å². The van der Waals surface area contributed by atoms with Gasteiger partial charge in [0.2, 0.25) is 5.91 Å². The second kappa shape index (κ2) is 8.63. The highest BCUT2D eigenvalue weighted by atomic mass is 35.5. The van der Waals surface area contributed by atoms with Crippen molar-refractivity contribution >= 4 is 40.8 Å². The number of carbonyl (C=O) groups excluding carboxylic acids is 2. The SMILES string of the molecule is Cc1cccc(NC(=O)N2CCN(C(=O)Cc3c(Cl)cccc3Cl)CC2)c1. The molecule has 0 bridgehead atoms. The second-order valence-electron chi connectivity index (χ2n) is 6.54. The summed E-state index contributed by atoms with van der Waals surface area (Å²) in [5.41, 5.74) is 2.50. The van der Waals surface area contributed by atoms with E-state index in [0.717, 1.165) is 11.3 Å². The van der Waals surface area contributed by atoms with Crippen molar-refractivity contribution < 1.29 is 9.59 Å². The van der Waals surface area contributed by atoms with Crippen LogP contribution in [0.25, 0.3) is 0 Å². The zero-order valence-electron chi connectivity index (χ0n) is 15.0. The molecule has 1 fully saturated rings. The number of hydrogen-bond acceptors (Lipinski definition) is 2. The number of nitrogens with one attached hydrogen (secondary N) is 1. The number of rotatable bonds is 3. The van der Waals surface area contributed by atoms with E-state index in [1.54, 1.807) is 28.0 Å². The van der Waals surface area contributed by atoms with Crippen LogP contribution in [-0.4, -0.2) is 47.9 Å². The van der Waals surface area contributed by atoms with Gasteiger partial charge in [-0.3, -0.25) is 4.79 Å². The van der Waals surface area contributed by atoms with Gasteiger partial charge in [0.25, 0.3) is 0 Å². The Morgan fingerprint density at radius 2 is 1.56 bits per heavy atom.